The van der Waals surface area contributed by atoms with Crippen molar-refractivity contribution in [2.45, 2.75) is 38.0 Å². The van der Waals surface area contributed by atoms with Crippen molar-refractivity contribution in [1.82, 2.24) is 20.0 Å². The van der Waals surface area contributed by atoms with Gasteiger partial charge in [0.1, 0.15) is 17.6 Å². The highest BCUT2D eigenvalue weighted by Crippen LogP contribution is 2.34. The molecule has 3 atom stereocenters. The highest BCUT2D eigenvalue weighted by atomic mass is 35.5. The predicted octanol–water partition coefficient (Wildman–Crippen LogP) is 0.0567. The van der Waals surface area contributed by atoms with Crippen molar-refractivity contribution < 1.29 is 32.7 Å². The fourth-order valence-corrected chi connectivity index (χ4v) is 5.57. The van der Waals surface area contributed by atoms with Gasteiger partial charge in [0.05, 0.1) is 18.6 Å². The van der Waals surface area contributed by atoms with Crippen LogP contribution in [0.15, 0.2) is 35.1 Å². The van der Waals surface area contributed by atoms with E-state index in [0.29, 0.717) is 12.0 Å². The lowest BCUT2D eigenvalue weighted by molar-refractivity contribution is -0.152. The van der Waals surface area contributed by atoms with Gasteiger partial charge in [-0.2, -0.15) is 9.79 Å². The number of carbonyl (C=O) groups excluding carboxylic acids is 1. The van der Waals surface area contributed by atoms with Crippen LogP contribution in [-0.2, 0) is 29.2 Å². The van der Waals surface area contributed by atoms with Crippen LogP contribution < -0.4 is 15.8 Å². The second kappa shape index (κ2) is 11.9. The molecule has 1 saturated heterocycles. The van der Waals surface area contributed by atoms with Crippen LogP contribution in [0.25, 0.3) is 0 Å². The fourth-order valence-electron chi connectivity index (χ4n) is 4.00. The number of amidine groups is 1. The van der Waals surface area contributed by atoms with Crippen LogP contribution in [0.1, 0.15) is 36.9 Å². The molecule has 3 rings (SSSR count). The molecule has 6 N–H and O–H groups in total. The number of amides is 1. The van der Waals surface area contributed by atoms with Gasteiger partial charge in [0.2, 0.25) is 5.91 Å². The van der Waals surface area contributed by atoms with Gasteiger partial charge in [0, 0.05) is 26.2 Å². The number of rotatable bonds is 10. The van der Waals surface area contributed by atoms with E-state index in [1.54, 1.807) is 24.2 Å². The molecule has 1 aromatic carbocycles. The molecule has 2 heterocycles. The third kappa shape index (κ3) is 6.85. The summed E-state index contributed by atoms with van der Waals surface area (Å²) in [6, 6.07) is 5.48. The Bertz CT molecular complexity index is 1130. The number of nitrogen functional groups attached to an aromatic ring is 1. The van der Waals surface area contributed by atoms with Gasteiger partial charge in [-0.1, -0.05) is 24.3 Å². The summed E-state index contributed by atoms with van der Waals surface area (Å²) in [6.45, 7) is 1.07. The zero-order chi connectivity index (χ0) is 25.9. The van der Waals surface area contributed by atoms with Crippen molar-refractivity contribution in [2.75, 3.05) is 27.4 Å². The number of halogens is 1. The Labute approximate surface area is 215 Å². The van der Waals surface area contributed by atoms with Gasteiger partial charge in [-0.3, -0.25) is 19.8 Å². The highest BCUT2D eigenvalue weighted by molar-refractivity contribution is 7.93. The van der Waals surface area contributed by atoms with Crippen LogP contribution in [0.5, 0.6) is 0 Å². The SMILES string of the molecule is CC1=C(S(=O)(=O)N[C@@H](CNC(=O)C[C@@H]2C[C@H](c3ccc(C(=N)N)cc3)N(C)O2)C(=O)O)N(C)CO1.Cl. The highest BCUT2D eigenvalue weighted by Gasteiger charge is 2.36. The van der Waals surface area contributed by atoms with Crippen LogP contribution in [0, 0.1) is 5.41 Å². The quantitative estimate of drug-likeness (QED) is 0.198. The molecule has 0 saturated carbocycles. The topological polar surface area (TPSA) is 187 Å². The number of allylic oxidation sites excluding steroid dienone is 1. The average molecular weight is 547 g/mol. The Morgan fingerprint density at radius 1 is 1.28 bits per heavy atom. The number of sulfonamides is 1. The van der Waals surface area contributed by atoms with E-state index >= 15 is 0 Å². The molecule has 0 radical (unpaired) electrons. The molecular weight excluding hydrogens is 516 g/mol. The largest absolute Gasteiger partial charge is 0.480 e. The predicted molar refractivity (Wildman–Crippen MR) is 132 cm³/mol. The van der Waals surface area contributed by atoms with Crippen molar-refractivity contribution in [1.29, 1.82) is 5.41 Å². The third-order valence-electron chi connectivity index (χ3n) is 5.74. The number of hydrogen-bond acceptors (Lipinski definition) is 9. The number of aliphatic carboxylic acids is 1. The van der Waals surface area contributed by atoms with E-state index in [0.717, 1.165) is 5.56 Å². The summed E-state index contributed by atoms with van der Waals surface area (Å²) in [7, 11) is -0.927. The van der Waals surface area contributed by atoms with Crippen LogP contribution in [0.3, 0.4) is 0 Å². The average Bonchev–Trinajstić information content (AvgIpc) is 3.32. The smallest absolute Gasteiger partial charge is 0.323 e. The third-order valence-corrected chi connectivity index (χ3v) is 7.44. The van der Waals surface area contributed by atoms with Crippen LogP contribution in [0.4, 0.5) is 0 Å². The first kappa shape index (κ1) is 29.3. The van der Waals surface area contributed by atoms with E-state index in [9.17, 15) is 23.1 Å². The first-order valence-corrected chi connectivity index (χ1v) is 12.3. The molecule has 2 aliphatic rings. The summed E-state index contributed by atoms with van der Waals surface area (Å²) >= 11 is 0. The summed E-state index contributed by atoms with van der Waals surface area (Å²) in [5, 5.41) is 20.9. The van der Waals surface area contributed by atoms with Gasteiger partial charge in [-0.15, -0.1) is 12.4 Å². The van der Waals surface area contributed by atoms with E-state index < -0.39 is 40.6 Å². The summed E-state index contributed by atoms with van der Waals surface area (Å²) in [6.07, 6.45) is 0.0271. The minimum atomic E-state index is -4.18. The Morgan fingerprint density at radius 2 is 1.92 bits per heavy atom. The number of carbonyl (C=O) groups is 2. The van der Waals surface area contributed by atoms with Gasteiger partial charge in [-0.25, -0.2) is 8.42 Å². The van der Waals surface area contributed by atoms with Gasteiger partial charge in [-0.05, 0) is 18.9 Å². The number of hydroxylamine groups is 2. The van der Waals surface area contributed by atoms with E-state index in [2.05, 4.69) is 10.0 Å². The maximum Gasteiger partial charge on any atom is 0.323 e. The summed E-state index contributed by atoms with van der Waals surface area (Å²) in [4.78, 5) is 31.2. The van der Waals surface area contributed by atoms with Crippen molar-refractivity contribution in [3.8, 4) is 0 Å². The monoisotopic (exact) mass is 546 g/mol. The lowest BCUT2D eigenvalue weighted by Crippen LogP contribution is -2.49. The molecule has 36 heavy (non-hydrogen) atoms. The first-order valence-electron chi connectivity index (χ1n) is 10.8. The van der Waals surface area contributed by atoms with Crippen LogP contribution in [0.2, 0.25) is 0 Å². The maximum atomic E-state index is 12.6. The number of ether oxygens (including phenoxy) is 1. The van der Waals surface area contributed by atoms with E-state index in [1.165, 1.54) is 18.9 Å². The van der Waals surface area contributed by atoms with Gasteiger partial charge < -0.3 is 25.8 Å². The fraction of sp³-hybridized carbons (Fsp3) is 0.476. The molecule has 1 fully saturated rings. The maximum absolute atomic E-state index is 12.6. The molecular formula is C21H31ClN6O7S. The van der Waals surface area contributed by atoms with Gasteiger partial charge in [0.15, 0.2) is 11.8 Å². The Hall–Kier alpha value is -2.91. The standard InChI is InChI=1S/C21H30N6O7S.ClH/c1-12-20(26(2)11-33-12)35(31,32)25-16(21(29)30)10-24-18(28)9-15-8-17(27(3)34-15)13-4-6-14(7-5-13)19(22)23;/h4-7,15-17,25H,8-11H2,1-3H3,(H3,22,23)(H,24,28)(H,29,30);1H/t15-,16-,17+;/m0./s1. The number of hydrogen-bond donors (Lipinski definition) is 5. The number of carboxylic acid groups (broad SMARTS) is 1. The molecule has 15 heteroatoms. The van der Waals surface area contributed by atoms with E-state index in [-0.39, 0.29) is 48.2 Å². The number of carboxylic acids is 1. The number of nitrogens with one attached hydrogen (secondary N) is 3. The molecule has 1 amide bonds. The number of nitrogens with zero attached hydrogens (tertiary/aromatic N) is 2. The second-order valence-electron chi connectivity index (χ2n) is 8.41. The second-order valence-corrected chi connectivity index (χ2v) is 10.0. The summed E-state index contributed by atoms with van der Waals surface area (Å²) in [5.74, 6) is -1.78. The van der Waals surface area contributed by atoms with Gasteiger partial charge in [0.25, 0.3) is 10.0 Å². The molecule has 1 aromatic rings. The van der Waals surface area contributed by atoms with Crippen molar-refractivity contribution >= 4 is 40.1 Å². The lowest BCUT2D eigenvalue weighted by atomic mass is 9.99. The van der Waals surface area contributed by atoms with Crippen LogP contribution >= 0.6 is 12.4 Å². The number of benzene rings is 1. The lowest BCUT2D eigenvalue weighted by Gasteiger charge is -2.19. The van der Waals surface area contributed by atoms with Crippen molar-refractivity contribution in [3.05, 3.63) is 46.2 Å². The molecule has 13 nitrogen and oxygen atoms in total. The number of nitrogens with two attached hydrogens (primary N) is 1. The van der Waals surface area contributed by atoms with Gasteiger partial charge >= 0.3 is 5.97 Å². The molecule has 0 bridgehead atoms. The molecule has 0 unspecified atom stereocenters. The molecule has 0 aliphatic carbocycles. The Kier molecular flexibility index (Phi) is 9.68. The molecule has 2 aliphatic heterocycles. The first-order chi connectivity index (χ1) is 16.4. The molecule has 200 valence electrons. The minimum absolute atomic E-state index is 0. The summed E-state index contributed by atoms with van der Waals surface area (Å²) in [5.41, 5.74) is 7.03. The summed E-state index contributed by atoms with van der Waals surface area (Å²) < 4.78 is 32.6. The molecule has 0 spiro atoms. The van der Waals surface area contributed by atoms with Crippen molar-refractivity contribution in [2.24, 2.45) is 5.73 Å². The molecule has 0 aromatic heterocycles. The zero-order valence-electron chi connectivity index (χ0n) is 20.1. The van der Waals surface area contributed by atoms with E-state index in [1.807, 2.05) is 12.1 Å². The van der Waals surface area contributed by atoms with Crippen LogP contribution in [-0.4, -0.2) is 80.7 Å². The zero-order valence-corrected chi connectivity index (χ0v) is 21.7. The Balaban J connectivity index is 0.00000456. The van der Waals surface area contributed by atoms with Crippen molar-refractivity contribution in [3.63, 3.8) is 0 Å². The minimum Gasteiger partial charge on any atom is -0.480 e. The van der Waals surface area contributed by atoms with E-state index in [4.69, 9.17) is 20.7 Å². The Morgan fingerprint density at radius 3 is 2.44 bits per heavy atom. The normalized spacial score (nSPS) is 21.0.